The van der Waals surface area contributed by atoms with Crippen molar-refractivity contribution in [1.82, 2.24) is 15.5 Å². The van der Waals surface area contributed by atoms with Crippen molar-refractivity contribution >= 4 is 11.9 Å². The highest BCUT2D eigenvalue weighted by molar-refractivity contribution is 5.85. The van der Waals surface area contributed by atoms with Crippen LogP contribution in [0, 0.1) is 5.92 Å². The van der Waals surface area contributed by atoms with Crippen LogP contribution >= 0.6 is 0 Å². The zero-order valence-corrected chi connectivity index (χ0v) is 11.8. The quantitative estimate of drug-likeness (QED) is 0.564. The lowest BCUT2D eigenvalue weighted by Gasteiger charge is -2.15. The van der Waals surface area contributed by atoms with Crippen LogP contribution in [0.25, 0.3) is 0 Å². The minimum Gasteiger partial charge on any atom is -0.357 e. The Hall–Kier alpha value is -1.26. The largest absolute Gasteiger partial charge is 0.357 e. The Morgan fingerprint density at radius 2 is 1.94 bits per heavy atom. The highest BCUT2D eigenvalue weighted by Crippen LogP contribution is 2.07. The molecule has 0 bridgehead atoms. The molecule has 1 amide bonds. The van der Waals surface area contributed by atoms with Crippen LogP contribution in [0.2, 0.25) is 0 Å². The molecule has 0 atom stereocenters. The van der Waals surface area contributed by atoms with Crippen molar-refractivity contribution < 1.29 is 4.79 Å². The van der Waals surface area contributed by atoms with Gasteiger partial charge in [-0.05, 0) is 25.7 Å². The number of rotatable bonds is 5. The van der Waals surface area contributed by atoms with Crippen molar-refractivity contribution in [3.63, 3.8) is 0 Å². The van der Waals surface area contributed by atoms with E-state index < -0.39 is 0 Å². The molecule has 2 N–H and O–H groups in total. The van der Waals surface area contributed by atoms with Gasteiger partial charge in [-0.1, -0.05) is 13.8 Å². The van der Waals surface area contributed by atoms with E-state index in [-0.39, 0.29) is 12.5 Å². The number of hydrogen-bond donors (Lipinski definition) is 2. The van der Waals surface area contributed by atoms with E-state index in [1.165, 1.54) is 0 Å². The molecule has 1 aliphatic heterocycles. The minimum atomic E-state index is 0.134. The predicted octanol–water partition coefficient (Wildman–Crippen LogP) is 0.820. The summed E-state index contributed by atoms with van der Waals surface area (Å²) < 4.78 is 0. The lowest BCUT2D eigenvalue weighted by atomic mass is 10.2. The fraction of sp³-hybridized carbons (Fsp3) is 0.846. The molecule has 5 nitrogen and oxygen atoms in total. The molecule has 1 heterocycles. The smallest absolute Gasteiger partial charge is 0.244 e. The molecule has 0 aliphatic carbocycles. The number of aliphatic imine (C=N–C) groups is 1. The molecule has 0 spiro atoms. The number of carbonyl (C=O) groups excluding carboxylic acids is 1. The van der Waals surface area contributed by atoms with Gasteiger partial charge < -0.3 is 15.5 Å². The number of nitrogens with zero attached hydrogens (tertiary/aromatic N) is 2. The molecule has 104 valence electrons. The van der Waals surface area contributed by atoms with Crippen molar-refractivity contribution in [3.05, 3.63) is 0 Å². The maximum absolute atomic E-state index is 11.9. The van der Waals surface area contributed by atoms with Gasteiger partial charge in [0.25, 0.3) is 0 Å². The van der Waals surface area contributed by atoms with Gasteiger partial charge in [-0.25, -0.2) is 4.99 Å². The number of nitrogens with one attached hydrogen (secondary N) is 2. The van der Waals surface area contributed by atoms with Crippen molar-refractivity contribution in [2.24, 2.45) is 10.9 Å². The van der Waals surface area contributed by atoms with Gasteiger partial charge in [0.15, 0.2) is 5.96 Å². The van der Waals surface area contributed by atoms with Crippen LogP contribution in [-0.4, -0.2) is 49.5 Å². The number of amides is 1. The zero-order valence-electron chi connectivity index (χ0n) is 11.8. The Kier molecular flexibility index (Phi) is 6.54. The molecule has 0 radical (unpaired) electrons. The predicted molar refractivity (Wildman–Crippen MR) is 74.6 cm³/mol. The zero-order chi connectivity index (χ0) is 13.4. The Balaban J connectivity index is 2.40. The lowest BCUT2D eigenvalue weighted by molar-refractivity contribution is -0.128. The van der Waals surface area contributed by atoms with Crippen LogP contribution in [0.1, 0.15) is 33.6 Å². The lowest BCUT2D eigenvalue weighted by Crippen LogP contribution is -2.40. The second kappa shape index (κ2) is 7.95. The number of likely N-dealkylation sites (tertiary alicyclic amines) is 1. The molecular formula is C13H26N4O. The summed E-state index contributed by atoms with van der Waals surface area (Å²) in [6, 6.07) is 0. The number of guanidine groups is 1. The summed E-state index contributed by atoms with van der Waals surface area (Å²) in [5.74, 6) is 1.43. The van der Waals surface area contributed by atoms with E-state index in [0.717, 1.165) is 45.0 Å². The third-order valence-corrected chi connectivity index (χ3v) is 2.85. The van der Waals surface area contributed by atoms with E-state index >= 15 is 0 Å². The van der Waals surface area contributed by atoms with Gasteiger partial charge in [0.05, 0.1) is 0 Å². The van der Waals surface area contributed by atoms with E-state index in [4.69, 9.17) is 0 Å². The normalized spacial score (nSPS) is 16.2. The van der Waals surface area contributed by atoms with Gasteiger partial charge in [0.2, 0.25) is 5.91 Å². The number of carbonyl (C=O) groups is 1. The molecule has 1 rings (SSSR count). The molecule has 0 unspecified atom stereocenters. The Bertz CT molecular complexity index is 283. The van der Waals surface area contributed by atoms with E-state index in [1.54, 1.807) is 0 Å². The SMILES string of the molecule is CCNC(=NCC(=O)N1CCCC1)NCC(C)C. The van der Waals surface area contributed by atoms with Gasteiger partial charge in [0.1, 0.15) is 6.54 Å². The average molecular weight is 254 g/mol. The Morgan fingerprint density at radius 3 is 2.50 bits per heavy atom. The molecule has 0 aromatic heterocycles. The van der Waals surface area contributed by atoms with Gasteiger partial charge in [0, 0.05) is 26.2 Å². The summed E-state index contributed by atoms with van der Waals surface area (Å²) in [5, 5.41) is 6.39. The first-order valence-electron chi connectivity index (χ1n) is 6.93. The van der Waals surface area contributed by atoms with Crippen LogP contribution in [0.3, 0.4) is 0 Å². The monoisotopic (exact) mass is 254 g/mol. The molecule has 0 aromatic carbocycles. The summed E-state index contributed by atoms with van der Waals surface area (Å²) >= 11 is 0. The molecule has 1 fully saturated rings. The summed E-state index contributed by atoms with van der Waals surface area (Å²) in [5.41, 5.74) is 0. The average Bonchev–Trinajstić information content (AvgIpc) is 2.86. The molecule has 1 aliphatic rings. The Labute approximate surface area is 110 Å². The maximum Gasteiger partial charge on any atom is 0.244 e. The molecule has 18 heavy (non-hydrogen) atoms. The minimum absolute atomic E-state index is 0.134. The Morgan fingerprint density at radius 1 is 1.28 bits per heavy atom. The van der Waals surface area contributed by atoms with Gasteiger partial charge in [-0.15, -0.1) is 0 Å². The standard InChI is InChI=1S/C13H26N4O/c1-4-14-13(15-9-11(2)3)16-10-12(18)17-7-5-6-8-17/h11H,4-10H2,1-3H3,(H2,14,15,16). The van der Waals surface area contributed by atoms with E-state index in [0.29, 0.717) is 5.92 Å². The molecule has 0 saturated carbocycles. The third-order valence-electron chi connectivity index (χ3n) is 2.85. The fourth-order valence-corrected chi connectivity index (χ4v) is 1.86. The molecule has 1 saturated heterocycles. The van der Waals surface area contributed by atoms with Crippen LogP contribution in [0.15, 0.2) is 4.99 Å². The van der Waals surface area contributed by atoms with Crippen molar-refractivity contribution in [1.29, 1.82) is 0 Å². The van der Waals surface area contributed by atoms with Gasteiger partial charge in [-0.3, -0.25) is 4.79 Å². The summed E-state index contributed by atoms with van der Waals surface area (Å²) in [6.07, 6.45) is 2.25. The maximum atomic E-state index is 11.9. The highest BCUT2D eigenvalue weighted by atomic mass is 16.2. The van der Waals surface area contributed by atoms with Crippen LogP contribution in [0.4, 0.5) is 0 Å². The fourth-order valence-electron chi connectivity index (χ4n) is 1.86. The van der Waals surface area contributed by atoms with Crippen LogP contribution in [-0.2, 0) is 4.79 Å². The van der Waals surface area contributed by atoms with E-state index in [2.05, 4.69) is 29.5 Å². The summed E-state index contributed by atoms with van der Waals surface area (Å²) in [6.45, 7) is 10.0. The highest BCUT2D eigenvalue weighted by Gasteiger charge is 2.17. The summed E-state index contributed by atoms with van der Waals surface area (Å²) in [4.78, 5) is 18.1. The van der Waals surface area contributed by atoms with Gasteiger partial charge >= 0.3 is 0 Å². The molecular weight excluding hydrogens is 228 g/mol. The van der Waals surface area contributed by atoms with E-state index in [9.17, 15) is 4.79 Å². The first kappa shape index (κ1) is 14.8. The third kappa shape index (κ3) is 5.38. The van der Waals surface area contributed by atoms with Crippen LogP contribution in [0.5, 0.6) is 0 Å². The van der Waals surface area contributed by atoms with E-state index in [1.807, 2.05) is 11.8 Å². The molecule has 5 heteroatoms. The topological polar surface area (TPSA) is 56.7 Å². The second-order valence-corrected chi connectivity index (χ2v) is 5.06. The first-order chi connectivity index (χ1) is 8.63. The van der Waals surface area contributed by atoms with Crippen molar-refractivity contribution in [3.8, 4) is 0 Å². The van der Waals surface area contributed by atoms with Crippen LogP contribution < -0.4 is 10.6 Å². The second-order valence-electron chi connectivity index (χ2n) is 5.06. The molecule has 0 aromatic rings. The summed E-state index contributed by atoms with van der Waals surface area (Å²) in [7, 11) is 0. The number of hydrogen-bond acceptors (Lipinski definition) is 2. The van der Waals surface area contributed by atoms with Crippen molar-refractivity contribution in [2.75, 3.05) is 32.7 Å². The first-order valence-corrected chi connectivity index (χ1v) is 6.93. The van der Waals surface area contributed by atoms with Crippen molar-refractivity contribution in [2.45, 2.75) is 33.6 Å². The van der Waals surface area contributed by atoms with Gasteiger partial charge in [-0.2, -0.15) is 0 Å².